The van der Waals surface area contributed by atoms with E-state index in [9.17, 15) is 4.79 Å². The lowest BCUT2D eigenvalue weighted by molar-refractivity contribution is -0.123. The molecule has 3 N–H and O–H groups in total. The lowest BCUT2D eigenvalue weighted by Gasteiger charge is -2.12. The van der Waals surface area contributed by atoms with Gasteiger partial charge in [-0.15, -0.1) is 0 Å². The summed E-state index contributed by atoms with van der Waals surface area (Å²) in [6.07, 6.45) is 0. The fourth-order valence-corrected chi connectivity index (χ4v) is 1.50. The van der Waals surface area contributed by atoms with Crippen molar-refractivity contribution in [3.8, 4) is 11.5 Å². The normalized spacial score (nSPS) is 10.4. The van der Waals surface area contributed by atoms with E-state index in [2.05, 4.69) is 5.32 Å². The summed E-state index contributed by atoms with van der Waals surface area (Å²) in [5.41, 5.74) is 6.46. The number of hydrogen-bond acceptors (Lipinski definition) is 4. The smallest absolute Gasteiger partial charge is 0.257 e. The third-order valence-electron chi connectivity index (χ3n) is 2.55. The standard InChI is InChI=1S/C14H22N2O3/c1-10(2)8-16-14(17)9-19-13-5-4-12(18-3)6-11(13)7-15/h4-6,10H,7-9,15H2,1-3H3,(H,16,17). The van der Waals surface area contributed by atoms with E-state index in [1.54, 1.807) is 25.3 Å². The lowest BCUT2D eigenvalue weighted by atomic mass is 10.2. The molecule has 0 aliphatic carbocycles. The van der Waals surface area contributed by atoms with Crippen LogP contribution in [-0.4, -0.2) is 26.2 Å². The Morgan fingerprint density at radius 1 is 1.42 bits per heavy atom. The Bertz CT molecular complexity index is 419. The number of benzene rings is 1. The number of carbonyl (C=O) groups is 1. The zero-order valence-electron chi connectivity index (χ0n) is 11.7. The van der Waals surface area contributed by atoms with Gasteiger partial charge in [0.2, 0.25) is 0 Å². The highest BCUT2D eigenvalue weighted by Gasteiger charge is 2.07. The molecule has 1 aromatic rings. The van der Waals surface area contributed by atoms with Gasteiger partial charge in [0.1, 0.15) is 11.5 Å². The minimum absolute atomic E-state index is 0.00789. The molecule has 0 aliphatic rings. The third kappa shape index (κ3) is 5.18. The van der Waals surface area contributed by atoms with Crippen LogP contribution in [0.4, 0.5) is 0 Å². The Morgan fingerprint density at radius 2 is 2.16 bits per heavy atom. The minimum Gasteiger partial charge on any atom is -0.497 e. The maximum Gasteiger partial charge on any atom is 0.257 e. The van der Waals surface area contributed by atoms with Crippen LogP contribution in [-0.2, 0) is 11.3 Å². The SMILES string of the molecule is COc1ccc(OCC(=O)NCC(C)C)c(CN)c1. The van der Waals surface area contributed by atoms with E-state index in [1.807, 2.05) is 13.8 Å². The van der Waals surface area contributed by atoms with Crippen LogP contribution in [0.3, 0.4) is 0 Å². The molecule has 0 saturated carbocycles. The number of carbonyl (C=O) groups excluding carboxylic acids is 1. The molecule has 0 spiro atoms. The highest BCUT2D eigenvalue weighted by molar-refractivity contribution is 5.77. The second kappa shape index (κ2) is 7.63. The molecule has 0 fully saturated rings. The van der Waals surface area contributed by atoms with E-state index in [1.165, 1.54) is 0 Å². The Labute approximate surface area is 114 Å². The molecule has 0 radical (unpaired) electrons. The van der Waals surface area contributed by atoms with Crippen molar-refractivity contribution in [1.82, 2.24) is 5.32 Å². The molecule has 5 heteroatoms. The predicted molar refractivity (Wildman–Crippen MR) is 74.2 cm³/mol. The Morgan fingerprint density at radius 3 is 2.74 bits per heavy atom. The summed E-state index contributed by atoms with van der Waals surface area (Å²) in [4.78, 5) is 11.6. The van der Waals surface area contributed by atoms with Gasteiger partial charge >= 0.3 is 0 Å². The van der Waals surface area contributed by atoms with Crippen LogP contribution in [0.2, 0.25) is 0 Å². The van der Waals surface area contributed by atoms with E-state index in [0.29, 0.717) is 24.8 Å². The van der Waals surface area contributed by atoms with Gasteiger partial charge in [0.25, 0.3) is 5.91 Å². The molecule has 19 heavy (non-hydrogen) atoms. The van der Waals surface area contributed by atoms with Crippen molar-refractivity contribution in [3.05, 3.63) is 23.8 Å². The van der Waals surface area contributed by atoms with Crippen molar-refractivity contribution in [2.45, 2.75) is 20.4 Å². The number of methoxy groups -OCH3 is 1. The zero-order valence-corrected chi connectivity index (χ0v) is 11.7. The van der Waals surface area contributed by atoms with Crippen LogP contribution in [0.5, 0.6) is 11.5 Å². The van der Waals surface area contributed by atoms with Crippen molar-refractivity contribution in [2.75, 3.05) is 20.3 Å². The van der Waals surface area contributed by atoms with Crippen LogP contribution < -0.4 is 20.5 Å². The number of amides is 1. The summed E-state index contributed by atoms with van der Waals surface area (Å²) in [5, 5.41) is 2.79. The van der Waals surface area contributed by atoms with Gasteiger partial charge in [-0.2, -0.15) is 0 Å². The number of ether oxygens (including phenoxy) is 2. The molecule has 1 amide bonds. The molecule has 0 aliphatic heterocycles. The molecule has 0 bridgehead atoms. The van der Waals surface area contributed by atoms with E-state index in [4.69, 9.17) is 15.2 Å². The van der Waals surface area contributed by atoms with Gasteiger partial charge in [0.15, 0.2) is 6.61 Å². The summed E-state index contributed by atoms with van der Waals surface area (Å²) in [6.45, 7) is 5.05. The second-order valence-corrected chi connectivity index (χ2v) is 4.66. The van der Waals surface area contributed by atoms with Crippen LogP contribution in [0.25, 0.3) is 0 Å². The van der Waals surface area contributed by atoms with Gasteiger partial charge in [-0.3, -0.25) is 4.79 Å². The molecule has 106 valence electrons. The van der Waals surface area contributed by atoms with Gasteiger partial charge in [-0.25, -0.2) is 0 Å². The number of nitrogens with two attached hydrogens (primary N) is 1. The van der Waals surface area contributed by atoms with Crippen LogP contribution in [0.1, 0.15) is 19.4 Å². The minimum atomic E-state index is -0.132. The van der Waals surface area contributed by atoms with E-state index >= 15 is 0 Å². The molecule has 0 unspecified atom stereocenters. The average molecular weight is 266 g/mol. The molecule has 1 rings (SSSR count). The molecular weight excluding hydrogens is 244 g/mol. The summed E-state index contributed by atoms with van der Waals surface area (Å²) in [5.74, 6) is 1.62. The van der Waals surface area contributed by atoms with E-state index < -0.39 is 0 Å². The van der Waals surface area contributed by atoms with Gasteiger partial charge in [0.05, 0.1) is 7.11 Å². The van der Waals surface area contributed by atoms with Gasteiger partial charge in [-0.05, 0) is 24.1 Å². The highest BCUT2D eigenvalue weighted by Crippen LogP contribution is 2.23. The Hall–Kier alpha value is -1.75. The third-order valence-corrected chi connectivity index (χ3v) is 2.55. The van der Waals surface area contributed by atoms with E-state index in [-0.39, 0.29) is 12.5 Å². The maximum atomic E-state index is 11.6. The van der Waals surface area contributed by atoms with Crippen molar-refractivity contribution in [1.29, 1.82) is 0 Å². The molecular formula is C14H22N2O3. The molecule has 0 aromatic heterocycles. The maximum absolute atomic E-state index is 11.6. The largest absolute Gasteiger partial charge is 0.497 e. The van der Waals surface area contributed by atoms with Crippen molar-refractivity contribution >= 4 is 5.91 Å². The predicted octanol–water partition coefficient (Wildman–Crippen LogP) is 1.30. The average Bonchev–Trinajstić information content (AvgIpc) is 2.42. The van der Waals surface area contributed by atoms with Crippen molar-refractivity contribution in [2.24, 2.45) is 11.7 Å². The molecule has 0 atom stereocenters. The van der Waals surface area contributed by atoms with Gasteiger partial charge in [0, 0.05) is 18.7 Å². The highest BCUT2D eigenvalue weighted by atomic mass is 16.5. The second-order valence-electron chi connectivity index (χ2n) is 4.66. The molecule has 0 heterocycles. The Kier molecular flexibility index (Phi) is 6.15. The fraction of sp³-hybridized carbons (Fsp3) is 0.500. The van der Waals surface area contributed by atoms with Crippen LogP contribution in [0.15, 0.2) is 18.2 Å². The summed E-state index contributed by atoms with van der Waals surface area (Å²) in [7, 11) is 1.59. The van der Waals surface area contributed by atoms with Crippen LogP contribution in [0, 0.1) is 5.92 Å². The topological polar surface area (TPSA) is 73.6 Å². The van der Waals surface area contributed by atoms with Crippen molar-refractivity contribution < 1.29 is 14.3 Å². The first-order chi connectivity index (χ1) is 9.06. The van der Waals surface area contributed by atoms with E-state index in [0.717, 1.165) is 11.3 Å². The van der Waals surface area contributed by atoms with Gasteiger partial charge in [-0.1, -0.05) is 13.8 Å². The van der Waals surface area contributed by atoms with Crippen LogP contribution >= 0.6 is 0 Å². The molecule has 5 nitrogen and oxygen atoms in total. The molecule has 1 aromatic carbocycles. The van der Waals surface area contributed by atoms with Gasteiger partial charge < -0.3 is 20.5 Å². The zero-order chi connectivity index (χ0) is 14.3. The summed E-state index contributed by atoms with van der Waals surface area (Å²) < 4.78 is 10.6. The molecule has 0 saturated heterocycles. The summed E-state index contributed by atoms with van der Waals surface area (Å²) in [6, 6.07) is 5.35. The summed E-state index contributed by atoms with van der Waals surface area (Å²) >= 11 is 0. The quantitative estimate of drug-likeness (QED) is 0.780. The number of hydrogen-bond donors (Lipinski definition) is 2. The Balaban J connectivity index is 2.55. The first-order valence-electron chi connectivity index (χ1n) is 6.33. The fourth-order valence-electron chi connectivity index (χ4n) is 1.50. The van der Waals surface area contributed by atoms with Crippen molar-refractivity contribution in [3.63, 3.8) is 0 Å². The number of rotatable bonds is 7. The number of nitrogens with one attached hydrogen (secondary N) is 1. The first kappa shape index (κ1) is 15.3. The lowest BCUT2D eigenvalue weighted by Crippen LogP contribution is -2.31. The first-order valence-corrected chi connectivity index (χ1v) is 6.33. The monoisotopic (exact) mass is 266 g/mol.